The zero-order valence-electron chi connectivity index (χ0n) is 12.3. The summed E-state index contributed by atoms with van der Waals surface area (Å²) in [5.74, 6) is -0.956. The van der Waals surface area contributed by atoms with Crippen LogP contribution in [-0.2, 0) is 9.53 Å². The van der Waals surface area contributed by atoms with Gasteiger partial charge in [0.1, 0.15) is 11.3 Å². The van der Waals surface area contributed by atoms with E-state index in [9.17, 15) is 9.59 Å². The Bertz CT molecular complexity index is 613. The lowest BCUT2D eigenvalue weighted by molar-refractivity contribution is -0.133. The fraction of sp³-hybridized carbons (Fsp3) is 0.357. The summed E-state index contributed by atoms with van der Waals surface area (Å²) in [6.07, 6.45) is 0.206. The van der Waals surface area contributed by atoms with Crippen LogP contribution in [0.2, 0.25) is 5.02 Å². The SMILES string of the molecule is COc1cc(N)c(Cl)cc1C(=O)OCC(=O)N(C)CCC#N. The minimum Gasteiger partial charge on any atom is -0.496 e. The van der Waals surface area contributed by atoms with Crippen molar-refractivity contribution in [1.82, 2.24) is 4.90 Å². The number of likely N-dealkylation sites (N-methyl/N-ethyl adjacent to an activating group) is 1. The van der Waals surface area contributed by atoms with Crippen LogP contribution in [0.4, 0.5) is 5.69 Å². The largest absolute Gasteiger partial charge is 0.496 e. The molecule has 0 unspecified atom stereocenters. The normalized spacial score (nSPS) is 9.73. The number of hydrogen-bond donors (Lipinski definition) is 1. The predicted octanol–water partition coefficient (Wildman–Crippen LogP) is 1.46. The van der Waals surface area contributed by atoms with Crippen molar-refractivity contribution in [2.24, 2.45) is 0 Å². The van der Waals surface area contributed by atoms with E-state index in [2.05, 4.69) is 0 Å². The molecule has 0 aliphatic rings. The van der Waals surface area contributed by atoms with Crippen LogP contribution in [0.3, 0.4) is 0 Å². The first-order chi connectivity index (χ1) is 10.4. The van der Waals surface area contributed by atoms with Crippen molar-refractivity contribution in [3.05, 3.63) is 22.7 Å². The molecule has 8 heteroatoms. The highest BCUT2D eigenvalue weighted by Crippen LogP contribution is 2.29. The zero-order valence-corrected chi connectivity index (χ0v) is 13.0. The molecular weight excluding hydrogens is 310 g/mol. The van der Waals surface area contributed by atoms with E-state index in [4.69, 9.17) is 32.1 Å². The summed E-state index contributed by atoms with van der Waals surface area (Å²) in [6.45, 7) is -0.171. The lowest BCUT2D eigenvalue weighted by Crippen LogP contribution is -2.32. The summed E-state index contributed by atoms with van der Waals surface area (Å²) in [5, 5.41) is 8.65. The monoisotopic (exact) mass is 325 g/mol. The molecule has 0 saturated carbocycles. The molecule has 0 heterocycles. The van der Waals surface area contributed by atoms with Crippen LogP contribution in [0.1, 0.15) is 16.8 Å². The van der Waals surface area contributed by atoms with Gasteiger partial charge in [-0.15, -0.1) is 0 Å². The molecule has 1 amide bonds. The average Bonchev–Trinajstić information content (AvgIpc) is 2.51. The van der Waals surface area contributed by atoms with Crippen molar-refractivity contribution in [3.63, 3.8) is 0 Å². The van der Waals surface area contributed by atoms with E-state index in [-0.39, 0.29) is 35.0 Å². The standard InChI is InChI=1S/C14H16ClN3O4/c1-18(5-3-4-16)13(19)8-22-14(20)9-6-10(15)11(17)7-12(9)21-2/h6-7H,3,5,8,17H2,1-2H3. The van der Waals surface area contributed by atoms with Gasteiger partial charge in [0.15, 0.2) is 6.61 Å². The van der Waals surface area contributed by atoms with Crippen LogP contribution in [0.25, 0.3) is 0 Å². The molecule has 1 rings (SSSR count). The lowest BCUT2D eigenvalue weighted by atomic mass is 10.2. The third-order valence-corrected chi connectivity index (χ3v) is 3.18. The van der Waals surface area contributed by atoms with Gasteiger partial charge in [-0.05, 0) is 6.07 Å². The number of amides is 1. The van der Waals surface area contributed by atoms with Crippen molar-refractivity contribution >= 4 is 29.2 Å². The number of nitrogens with zero attached hydrogens (tertiary/aromatic N) is 2. The second kappa shape index (κ2) is 8.10. The van der Waals surface area contributed by atoms with Gasteiger partial charge in [-0.25, -0.2) is 4.79 Å². The number of ether oxygens (including phenoxy) is 2. The first-order valence-electron chi connectivity index (χ1n) is 6.31. The molecule has 0 aliphatic carbocycles. The fourth-order valence-corrected chi connectivity index (χ4v) is 1.72. The van der Waals surface area contributed by atoms with Crippen LogP contribution in [0, 0.1) is 11.3 Å². The molecule has 22 heavy (non-hydrogen) atoms. The zero-order chi connectivity index (χ0) is 16.7. The van der Waals surface area contributed by atoms with Crippen molar-refractivity contribution < 1.29 is 19.1 Å². The summed E-state index contributed by atoms with van der Waals surface area (Å²) in [6, 6.07) is 4.65. The predicted molar refractivity (Wildman–Crippen MR) is 80.6 cm³/mol. The van der Waals surface area contributed by atoms with Crippen molar-refractivity contribution in [2.45, 2.75) is 6.42 Å². The highest BCUT2D eigenvalue weighted by Gasteiger charge is 2.18. The Kier molecular flexibility index (Phi) is 6.47. The first-order valence-corrected chi connectivity index (χ1v) is 6.69. The maximum absolute atomic E-state index is 12.0. The molecule has 118 valence electrons. The number of nitrogens with two attached hydrogens (primary N) is 1. The Morgan fingerprint density at radius 2 is 2.14 bits per heavy atom. The first kappa shape index (κ1) is 17.6. The molecule has 0 radical (unpaired) electrons. The molecule has 0 spiro atoms. The summed E-state index contributed by atoms with van der Waals surface area (Å²) in [4.78, 5) is 25.0. The number of nitrogen functional groups attached to an aromatic ring is 1. The van der Waals surface area contributed by atoms with E-state index in [1.54, 1.807) is 0 Å². The number of nitriles is 1. The summed E-state index contributed by atoms with van der Waals surface area (Å²) >= 11 is 5.86. The quantitative estimate of drug-likeness (QED) is 0.627. The van der Waals surface area contributed by atoms with Gasteiger partial charge in [-0.2, -0.15) is 5.26 Å². The molecule has 0 atom stereocenters. The van der Waals surface area contributed by atoms with E-state index in [1.807, 2.05) is 6.07 Å². The maximum Gasteiger partial charge on any atom is 0.342 e. The fourth-order valence-electron chi connectivity index (χ4n) is 1.56. The number of hydrogen-bond acceptors (Lipinski definition) is 6. The van der Waals surface area contributed by atoms with Gasteiger partial charge in [0.05, 0.1) is 30.3 Å². The van der Waals surface area contributed by atoms with E-state index >= 15 is 0 Å². The average molecular weight is 326 g/mol. The number of esters is 1. The smallest absolute Gasteiger partial charge is 0.342 e. The molecule has 2 N–H and O–H groups in total. The number of rotatable bonds is 6. The summed E-state index contributed by atoms with van der Waals surface area (Å²) in [5.41, 5.74) is 5.97. The Labute approximate surface area is 133 Å². The van der Waals surface area contributed by atoms with Crippen molar-refractivity contribution in [1.29, 1.82) is 5.26 Å². The van der Waals surface area contributed by atoms with E-state index in [1.165, 1.54) is 31.2 Å². The van der Waals surface area contributed by atoms with Crippen LogP contribution >= 0.6 is 11.6 Å². The highest BCUT2D eigenvalue weighted by molar-refractivity contribution is 6.33. The number of carbonyl (C=O) groups excluding carboxylic acids is 2. The molecule has 0 fully saturated rings. The molecule has 0 aromatic heterocycles. The molecular formula is C14H16ClN3O4. The maximum atomic E-state index is 12.0. The second-order valence-corrected chi connectivity index (χ2v) is 4.78. The lowest BCUT2D eigenvalue weighted by Gasteiger charge is -2.16. The van der Waals surface area contributed by atoms with Gasteiger partial charge in [-0.1, -0.05) is 11.6 Å². The topological polar surface area (TPSA) is 106 Å². The Balaban J connectivity index is 2.72. The Hall–Kier alpha value is -2.46. The molecule has 0 aliphatic heterocycles. The van der Waals surface area contributed by atoms with Gasteiger partial charge < -0.3 is 20.1 Å². The van der Waals surface area contributed by atoms with Crippen molar-refractivity contribution in [3.8, 4) is 11.8 Å². The van der Waals surface area contributed by atoms with Crippen LogP contribution in [0.5, 0.6) is 5.75 Å². The van der Waals surface area contributed by atoms with Crippen LogP contribution < -0.4 is 10.5 Å². The molecule has 0 saturated heterocycles. The number of benzene rings is 1. The summed E-state index contributed by atoms with van der Waals surface area (Å²) in [7, 11) is 2.90. The number of carbonyl (C=O) groups is 2. The Morgan fingerprint density at radius 3 is 2.73 bits per heavy atom. The molecule has 0 bridgehead atoms. The van der Waals surface area contributed by atoms with Gasteiger partial charge in [0.2, 0.25) is 0 Å². The van der Waals surface area contributed by atoms with E-state index < -0.39 is 18.5 Å². The van der Waals surface area contributed by atoms with Crippen molar-refractivity contribution in [2.75, 3.05) is 33.0 Å². The van der Waals surface area contributed by atoms with Crippen LogP contribution in [0.15, 0.2) is 12.1 Å². The van der Waals surface area contributed by atoms with Crippen LogP contribution in [-0.4, -0.2) is 44.1 Å². The van der Waals surface area contributed by atoms with Gasteiger partial charge in [0.25, 0.3) is 5.91 Å². The third kappa shape index (κ3) is 4.53. The molecule has 7 nitrogen and oxygen atoms in total. The van der Waals surface area contributed by atoms with E-state index in [0.29, 0.717) is 0 Å². The molecule has 1 aromatic carbocycles. The van der Waals surface area contributed by atoms with Gasteiger partial charge >= 0.3 is 5.97 Å². The number of anilines is 1. The number of methoxy groups -OCH3 is 1. The van der Waals surface area contributed by atoms with E-state index in [0.717, 1.165) is 0 Å². The highest BCUT2D eigenvalue weighted by atomic mass is 35.5. The second-order valence-electron chi connectivity index (χ2n) is 4.37. The third-order valence-electron chi connectivity index (χ3n) is 2.85. The van der Waals surface area contributed by atoms with Gasteiger partial charge in [-0.3, -0.25) is 4.79 Å². The van der Waals surface area contributed by atoms with Gasteiger partial charge in [0, 0.05) is 19.7 Å². The minimum atomic E-state index is -0.749. The molecule has 1 aromatic rings. The minimum absolute atomic E-state index is 0.0779. The summed E-state index contributed by atoms with van der Waals surface area (Å²) < 4.78 is 9.97. The number of halogens is 1. The Morgan fingerprint density at radius 1 is 1.45 bits per heavy atom.